The number of pyridine rings is 1. The quantitative estimate of drug-likeness (QED) is 0.907. The van der Waals surface area contributed by atoms with Crippen LogP contribution < -0.4 is 10.3 Å². The first kappa shape index (κ1) is 14.3. The number of benzene rings is 1. The number of anilines is 1. The van der Waals surface area contributed by atoms with Crippen molar-refractivity contribution in [3.8, 4) is 0 Å². The van der Waals surface area contributed by atoms with E-state index in [1.165, 1.54) is 18.3 Å². The highest BCUT2D eigenvalue weighted by Crippen LogP contribution is 2.19. The van der Waals surface area contributed by atoms with Crippen LogP contribution in [0, 0.1) is 0 Å². The molecule has 0 fully saturated rings. The van der Waals surface area contributed by atoms with Crippen molar-refractivity contribution >= 4 is 15.7 Å². The van der Waals surface area contributed by atoms with Crippen LogP contribution in [0.5, 0.6) is 0 Å². The maximum Gasteiger partial charge on any atom is 0.261 e. The molecule has 0 saturated carbocycles. The molecule has 20 heavy (non-hydrogen) atoms. The van der Waals surface area contributed by atoms with E-state index in [0.29, 0.717) is 11.6 Å². The predicted molar refractivity (Wildman–Crippen MR) is 78.4 cm³/mol. The summed E-state index contributed by atoms with van der Waals surface area (Å²) in [6.07, 6.45) is 1.32. The Hall–Kier alpha value is -2.08. The van der Waals surface area contributed by atoms with Crippen molar-refractivity contribution < 1.29 is 8.42 Å². The van der Waals surface area contributed by atoms with E-state index in [4.69, 9.17) is 0 Å². The molecule has 0 aliphatic rings. The molecular weight excluding hydrogens is 276 g/mol. The number of hydrogen-bond acceptors (Lipinski definition) is 3. The lowest BCUT2D eigenvalue weighted by Gasteiger charge is -2.09. The summed E-state index contributed by atoms with van der Waals surface area (Å²) in [5, 5.41) is 0. The van der Waals surface area contributed by atoms with Gasteiger partial charge >= 0.3 is 0 Å². The van der Waals surface area contributed by atoms with Crippen LogP contribution in [0.2, 0.25) is 0 Å². The summed E-state index contributed by atoms with van der Waals surface area (Å²) in [5.74, 6) is 0.346. The fourth-order valence-electron chi connectivity index (χ4n) is 1.72. The molecule has 2 N–H and O–H groups in total. The van der Waals surface area contributed by atoms with E-state index in [2.05, 4.69) is 9.71 Å². The number of aromatic nitrogens is 1. The van der Waals surface area contributed by atoms with E-state index in [1.807, 2.05) is 13.8 Å². The molecule has 1 aromatic heterocycles. The average Bonchev–Trinajstić information content (AvgIpc) is 2.41. The molecule has 0 radical (unpaired) electrons. The molecule has 0 atom stereocenters. The normalized spacial score (nSPS) is 11.6. The van der Waals surface area contributed by atoms with E-state index in [0.717, 1.165) is 5.56 Å². The van der Waals surface area contributed by atoms with Crippen LogP contribution >= 0.6 is 0 Å². The van der Waals surface area contributed by atoms with Crippen LogP contribution in [0.15, 0.2) is 52.3 Å². The topological polar surface area (TPSA) is 79.0 Å². The van der Waals surface area contributed by atoms with Crippen LogP contribution in [0.4, 0.5) is 5.69 Å². The molecule has 0 spiro atoms. The molecule has 5 nitrogen and oxygen atoms in total. The van der Waals surface area contributed by atoms with Gasteiger partial charge in [0.1, 0.15) is 0 Å². The average molecular weight is 292 g/mol. The van der Waals surface area contributed by atoms with Gasteiger partial charge < -0.3 is 4.98 Å². The first-order valence-corrected chi connectivity index (χ1v) is 7.68. The largest absolute Gasteiger partial charge is 0.327 e. The Morgan fingerprint density at radius 2 is 1.70 bits per heavy atom. The van der Waals surface area contributed by atoms with Gasteiger partial charge in [-0.15, -0.1) is 0 Å². The zero-order valence-electron chi connectivity index (χ0n) is 11.3. The highest BCUT2D eigenvalue weighted by atomic mass is 32.2. The van der Waals surface area contributed by atoms with Crippen molar-refractivity contribution in [3.63, 3.8) is 0 Å². The first-order chi connectivity index (χ1) is 9.38. The third-order valence-corrected chi connectivity index (χ3v) is 4.29. The van der Waals surface area contributed by atoms with Gasteiger partial charge in [0, 0.05) is 12.3 Å². The number of nitrogens with one attached hydrogen (secondary N) is 2. The second kappa shape index (κ2) is 5.50. The van der Waals surface area contributed by atoms with Crippen molar-refractivity contribution in [1.82, 2.24) is 4.98 Å². The molecular formula is C14H16N2O3S. The SMILES string of the molecule is CC(C)c1ccc(S(=O)(=O)Nc2ccc(=O)[nH]c2)cc1. The minimum atomic E-state index is -3.64. The Labute approximate surface area is 117 Å². The number of H-pyrrole nitrogens is 1. The Balaban J connectivity index is 2.26. The Morgan fingerprint density at radius 1 is 1.05 bits per heavy atom. The minimum Gasteiger partial charge on any atom is -0.327 e. The molecule has 1 heterocycles. The zero-order chi connectivity index (χ0) is 14.8. The smallest absolute Gasteiger partial charge is 0.261 e. The second-order valence-corrected chi connectivity index (χ2v) is 6.45. The maximum atomic E-state index is 12.2. The molecule has 6 heteroatoms. The van der Waals surface area contributed by atoms with Gasteiger partial charge in [-0.3, -0.25) is 9.52 Å². The summed E-state index contributed by atoms with van der Waals surface area (Å²) >= 11 is 0. The summed E-state index contributed by atoms with van der Waals surface area (Å²) in [6, 6.07) is 9.42. The number of rotatable bonds is 4. The van der Waals surface area contributed by atoms with Crippen molar-refractivity contribution in [3.05, 3.63) is 58.5 Å². The third kappa shape index (κ3) is 3.27. The van der Waals surface area contributed by atoms with Gasteiger partial charge in [0.05, 0.1) is 10.6 Å². The molecule has 0 saturated heterocycles. The summed E-state index contributed by atoms with van der Waals surface area (Å²) in [5.41, 5.74) is 1.11. The number of hydrogen-bond donors (Lipinski definition) is 2. The lowest BCUT2D eigenvalue weighted by molar-refractivity contribution is 0.601. The first-order valence-electron chi connectivity index (χ1n) is 6.20. The van der Waals surface area contributed by atoms with E-state index >= 15 is 0 Å². The van der Waals surface area contributed by atoms with Crippen molar-refractivity contribution in [2.75, 3.05) is 4.72 Å². The number of aromatic amines is 1. The molecule has 106 valence electrons. The van der Waals surface area contributed by atoms with Crippen molar-refractivity contribution in [1.29, 1.82) is 0 Å². The maximum absolute atomic E-state index is 12.2. The Morgan fingerprint density at radius 3 is 2.20 bits per heavy atom. The van der Waals surface area contributed by atoms with Gasteiger partial charge in [-0.1, -0.05) is 26.0 Å². The van der Waals surface area contributed by atoms with E-state index in [9.17, 15) is 13.2 Å². The summed E-state index contributed by atoms with van der Waals surface area (Å²) in [7, 11) is -3.64. The van der Waals surface area contributed by atoms with Crippen LogP contribution in [-0.4, -0.2) is 13.4 Å². The van der Waals surface area contributed by atoms with Crippen LogP contribution in [0.3, 0.4) is 0 Å². The van der Waals surface area contributed by atoms with Gasteiger partial charge in [0.2, 0.25) is 5.56 Å². The zero-order valence-corrected chi connectivity index (χ0v) is 12.1. The molecule has 0 aliphatic heterocycles. The van der Waals surface area contributed by atoms with E-state index < -0.39 is 10.0 Å². The molecule has 0 bridgehead atoms. The highest BCUT2D eigenvalue weighted by molar-refractivity contribution is 7.92. The monoisotopic (exact) mass is 292 g/mol. The predicted octanol–water partition coefficient (Wildman–Crippen LogP) is 2.30. The van der Waals surface area contributed by atoms with E-state index in [-0.39, 0.29) is 10.5 Å². The molecule has 0 unspecified atom stereocenters. The molecule has 0 amide bonds. The summed E-state index contributed by atoms with van der Waals surface area (Å²) < 4.78 is 26.7. The fourth-order valence-corrected chi connectivity index (χ4v) is 2.77. The minimum absolute atomic E-state index is 0.188. The summed E-state index contributed by atoms with van der Waals surface area (Å²) in [6.45, 7) is 4.09. The number of sulfonamides is 1. The van der Waals surface area contributed by atoms with Crippen molar-refractivity contribution in [2.24, 2.45) is 0 Å². The van der Waals surface area contributed by atoms with Gasteiger partial charge in [-0.2, -0.15) is 0 Å². The molecule has 2 rings (SSSR count). The summed E-state index contributed by atoms with van der Waals surface area (Å²) in [4.78, 5) is 13.5. The van der Waals surface area contributed by atoms with Crippen LogP contribution in [0.1, 0.15) is 25.3 Å². The fraction of sp³-hybridized carbons (Fsp3) is 0.214. The molecule has 2 aromatic rings. The lowest BCUT2D eigenvalue weighted by Crippen LogP contribution is -2.14. The van der Waals surface area contributed by atoms with E-state index in [1.54, 1.807) is 24.3 Å². The Bertz CT molecular complexity index is 726. The Kier molecular flexibility index (Phi) is 3.94. The molecule has 1 aromatic carbocycles. The lowest BCUT2D eigenvalue weighted by atomic mass is 10.0. The van der Waals surface area contributed by atoms with Crippen molar-refractivity contribution in [2.45, 2.75) is 24.7 Å². The standard InChI is InChI=1S/C14H16N2O3S/c1-10(2)11-3-6-13(7-4-11)20(18,19)16-12-5-8-14(17)15-9-12/h3-10,16H,1-2H3,(H,15,17). The van der Waals surface area contributed by atoms with Crippen LogP contribution in [-0.2, 0) is 10.0 Å². The second-order valence-electron chi connectivity index (χ2n) is 4.77. The van der Waals surface area contributed by atoms with Gasteiger partial charge in [0.25, 0.3) is 10.0 Å². The van der Waals surface area contributed by atoms with Gasteiger partial charge in [-0.25, -0.2) is 8.42 Å². The highest BCUT2D eigenvalue weighted by Gasteiger charge is 2.14. The van der Waals surface area contributed by atoms with Crippen LogP contribution in [0.25, 0.3) is 0 Å². The molecule has 0 aliphatic carbocycles. The van der Waals surface area contributed by atoms with Gasteiger partial charge in [-0.05, 0) is 29.7 Å². The van der Waals surface area contributed by atoms with Gasteiger partial charge in [0.15, 0.2) is 0 Å². The third-order valence-electron chi connectivity index (χ3n) is 2.89.